The number of hydrogen-bond donors (Lipinski definition) is 1. The summed E-state index contributed by atoms with van der Waals surface area (Å²) in [4.78, 5) is 1.34. The van der Waals surface area contributed by atoms with Crippen molar-refractivity contribution in [2.75, 3.05) is 20.3 Å². The smallest absolute Gasteiger partial charge is 0.161 e. The van der Waals surface area contributed by atoms with E-state index < -0.39 is 0 Å². The fourth-order valence-corrected chi connectivity index (χ4v) is 2.66. The Balaban J connectivity index is 1.98. The molecular formula is C16H21NO2S. The number of benzene rings is 1. The van der Waals surface area contributed by atoms with Gasteiger partial charge in [0.05, 0.1) is 13.2 Å². The Bertz CT molecular complexity index is 511. The molecule has 0 spiro atoms. The minimum Gasteiger partial charge on any atom is -0.490 e. The molecule has 108 valence electrons. The molecule has 0 amide bonds. The second kappa shape index (κ2) is 7.92. The highest BCUT2D eigenvalue weighted by Gasteiger charge is 2.06. The molecule has 2 aromatic rings. The topological polar surface area (TPSA) is 30.5 Å². The molecule has 0 unspecified atom stereocenters. The van der Waals surface area contributed by atoms with Crippen LogP contribution in [-0.4, -0.2) is 20.3 Å². The van der Waals surface area contributed by atoms with E-state index >= 15 is 0 Å². The van der Waals surface area contributed by atoms with E-state index in [-0.39, 0.29) is 0 Å². The Kier molecular flexibility index (Phi) is 5.89. The van der Waals surface area contributed by atoms with Crippen molar-refractivity contribution in [3.8, 4) is 11.5 Å². The number of ether oxygens (including phenoxy) is 2. The Hall–Kier alpha value is -1.52. The molecule has 0 atom stereocenters. The van der Waals surface area contributed by atoms with Crippen molar-refractivity contribution in [2.45, 2.75) is 19.9 Å². The minimum atomic E-state index is 0.643. The summed E-state index contributed by atoms with van der Waals surface area (Å²) in [6, 6.07) is 10.3. The van der Waals surface area contributed by atoms with Gasteiger partial charge in [-0.25, -0.2) is 0 Å². The molecule has 1 aromatic carbocycles. The summed E-state index contributed by atoms with van der Waals surface area (Å²) in [6.45, 7) is 4.13. The van der Waals surface area contributed by atoms with Gasteiger partial charge in [-0.1, -0.05) is 12.1 Å². The van der Waals surface area contributed by atoms with Gasteiger partial charge in [0, 0.05) is 17.8 Å². The second-order valence-corrected chi connectivity index (χ2v) is 5.45. The van der Waals surface area contributed by atoms with Gasteiger partial charge < -0.3 is 14.8 Å². The Morgan fingerprint density at radius 2 is 2.05 bits per heavy atom. The Labute approximate surface area is 124 Å². The number of thiophene rings is 1. The zero-order valence-electron chi connectivity index (χ0n) is 12.0. The van der Waals surface area contributed by atoms with Crippen LogP contribution in [0.25, 0.3) is 0 Å². The van der Waals surface area contributed by atoms with Crippen molar-refractivity contribution in [2.24, 2.45) is 0 Å². The predicted octanol–water partition coefficient (Wildman–Crippen LogP) is 3.49. The van der Waals surface area contributed by atoms with E-state index in [9.17, 15) is 0 Å². The Morgan fingerprint density at radius 3 is 2.75 bits per heavy atom. The average Bonchev–Trinajstić information content (AvgIpc) is 2.95. The van der Waals surface area contributed by atoms with E-state index in [1.54, 1.807) is 11.3 Å². The zero-order chi connectivity index (χ0) is 14.2. The first-order valence-electron chi connectivity index (χ1n) is 6.89. The maximum Gasteiger partial charge on any atom is 0.161 e. The van der Waals surface area contributed by atoms with E-state index in [2.05, 4.69) is 28.9 Å². The SMILES string of the molecule is CCOc1cc(CNC)ccc1OCCc1cccs1. The van der Waals surface area contributed by atoms with Crippen LogP contribution in [0, 0.1) is 0 Å². The molecule has 2 rings (SSSR count). The number of rotatable bonds is 8. The summed E-state index contributed by atoms with van der Waals surface area (Å²) in [7, 11) is 1.94. The molecule has 20 heavy (non-hydrogen) atoms. The summed E-state index contributed by atoms with van der Waals surface area (Å²) in [6.07, 6.45) is 0.932. The third-order valence-corrected chi connectivity index (χ3v) is 3.81. The largest absolute Gasteiger partial charge is 0.490 e. The monoisotopic (exact) mass is 291 g/mol. The van der Waals surface area contributed by atoms with Crippen LogP contribution in [0.2, 0.25) is 0 Å². The zero-order valence-corrected chi connectivity index (χ0v) is 12.8. The van der Waals surface area contributed by atoms with Gasteiger partial charge in [0.1, 0.15) is 0 Å². The quantitative estimate of drug-likeness (QED) is 0.807. The molecule has 0 aliphatic carbocycles. The molecule has 0 bridgehead atoms. The summed E-state index contributed by atoms with van der Waals surface area (Å²) >= 11 is 1.76. The average molecular weight is 291 g/mol. The van der Waals surface area contributed by atoms with Gasteiger partial charge in [-0.05, 0) is 43.1 Å². The lowest BCUT2D eigenvalue weighted by Gasteiger charge is -2.13. The molecule has 0 saturated carbocycles. The molecule has 0 saturated heterocycles. The lowest BCUT2D eigenvalue weighted by molar-refractivity contribution is 0.279. The van der Waals surface area contributed by atoms with Crippen molar-refractivity contribution in [1.82, 2.24) is 5.32 Å². The van der Waals surface area contributed by atoms with Crippen LogP contribution >= 0.6 is 11.3 Å². The fraction of sp³-hybridized carbons (Fsp3) is 0.375. The third-order valence-electron chi connectivity index (χ3n) is 2.87. The van der Waals surface area contributed by atoms with Crippen molar-refractivity contribution >= 4 is 11.3 Å². The highest BCUT2D eigenvalue weighted by atomic mass is 32.1. The summed E-state index contributed by atoms with van der Waals surface area (Å²) in [5, 5.41) is 5.23. The highest BCUT2D eigenvalue weighted by Crippen LogP contribution is 2.28. The van der Waals surface area contributed by atoms with E-state index in [4.69, 9.17) is 9.47 Å². The molecule has 3 nitrogen and oxygen atoms in total. The molecule has 1 aromatic heterocycles. The highest BCUT2D eigenvalue weighted by molar-refractivity contribution is 7.09. The first kappa shape index (κ1) is 14.9. The fourth-order valence-electron chi connectivity index (χ4n) is 1.97. The molecule has 0 aliphatic rings. The molecule has 1 heterocycles. The lowest BCUT2D eigenvalue weighted by atomic mass is 10.2. The number of hydrogen-bond acceptors (Lipinski definition) is 4. The van der Waals surface area contributed by atoms with Crippen LogP contribution in [0.1, 0.15) is 17.4 Å². The first-order chi connectivity index (χ1) is 9.83. The minimum absolute atomic E-state index is 0.643. The van der Waals surface area contributed by atoms with Crippen molar-refractivity contribution in [3.63, 3.8) is 0 Å². The van der Waals surface area contributed by atoms with Crippen molar-refractivity contribution in [3.05, 3.63) is 46.2 Å². The summed E-state index contributed by atoms with van der Waals surface area (Å²) in [5.41, 5.74) is 1.20. The van der Waals surface area contributed by atoms with Crippen LogP contribution in [-0.2, 0) is 13.0 Å². The molecule has 4 heteroatoms. The van der Waals surface area contributed by atoms with E-state index in [0.717, 1.165) is 24.5 Å². The van der Waals surface area contributed by atoms with Crippen molar-refractivity contribution in [1.29, 1.82) is 0 Å². The molecule has 1 N–H and O–H groups in total. The summed E-state index contributed by atoms with van der Waals surface area (Å²) < 4.78 is 11.5. The lowest BCUT2D eigenvalue weighted by Crippen LogP contribution is -2.07. The molecule has 0 aliphatic heterocycles. The van der Waals surface area contributed by atoms with Crippen LogP contribution < -0.4 is 14.8 Å². The van der Waals surface area contributed by atoms with Gasteiger partial charge in [-0.3, -0.25) is 0 Å². The summed E-state index contributed by atoms with van der Waals surface area (Å²) in [5.74, 6) is 1.65. The molecule has 0 fully saturated rings. The molecular weight excluding hydrogens is 270 g/mol. The van der Waals surface area contributed by atoms with Crippen LogP contribution in [0.5, 0.6) is 11.5 Å². The maximum atomic E-state index is 5.86. The maximum absolute atomic E-state index is 5.86. The normalized spacial score (nSPS) is 10.5. The van der Waals surface area contributed by atoms with Crippen LogP contribution in [0.15, 0.2) is 35.7 Å². The predicted molar refractivity (Wildman–Crippen MR) is 83.9 cm³/mol. The Morgan fingerprint density at radius 1 is 1.15 bits per heavy atom. The van der Waals surface area contributed by atoms with Crippen LogP contribution in [0.4, 0.5) is 0 Å². The van der Waals surface area contributed by atoms with Gasteiger partial charge in [0.25, 0.3) is 0 Å². The molecule has 0 radical (unpaired) electrons. The first-order valence-corrected chi connectivity index (χ1v) is 7.77. The van der Waals surface area contributed by atoms with E-state index in [0.29, 0.717) is 13.2 Å². The number of nitrogens with one attached hydrogen (secondary N) is 1. The van der Waals surface area contributed by atoms with Gasteiger partial charge in [0.2, 0.25) is 0 Å². The third kappa shape index (κ3) is 4.25. The van der Waals surface area contributed by atoms with Gasteiger partial charge >= 0.3 is 0 Å². The van der Waals surface area contributed by atoms with E-state index in [1.165, 1.54) is 10.4 Å². The van der Waals surface area contributed by atoms with Crippen molar-refractivity contribution < 1.29 is 9.47 Å². The van der Waals surface area contributed by atoms with Gasteiger partial charge in [0.15, 0.2) is 11.5 Å². The van der Waals surface area contributed by atoms with Gasteiger partial charge in [-0.15, -0.1) is 11.3 Å². The van der Waals surface area contributed by atoms with Crippen LogP contribution in [0.3, 0.4) is 0 Å². The standard InChI is InChI=1S/C16H21NO2S/c1-3-18-16-11-13(12-17-2)6-7-15(16)19-9-8-14-5-4-10-20-14/h4-7,10-11,17H,3,8-9,12H2,1-2H3. The van der Waals surface area contributed by atoms with E-state index in [1.807, 2.05) is 26.1 Å². The van der Waals surface area contributed by atoms with Gasteiger partial charge in [-0.2, -0.15) is 0 Å². The second-order valence-electron chi connectivity index (χ2n) is 4.42.